The van der Waals surface area contributed by atoms with E-state index in [1.165, 1.54) is 11.8 Å². The first-order chi connectivity index (χ1) is 12.4. The van der Waals surface area contributed by atoms with Crippen LogP contribution in [0.4, 0.5) is 0 Å². The quantitative estimate of drug-likeness (QED) is 0.737. The Morgan fingerprint density at radius 3 is 2.65 bits per heavy atom. The first-order valence-electron chi connectivity index (χ1n) is 8.30. The molecule has 10 heteroatoms. The number of nitrogens with two attached hydrogens (primary N) is 1. The third-order valence-electron chi connectivity index (χ3n) is 4.22. The number of nitrogens with zero attached hydrogens (tertiary/aromatic N) is 4. The highest BCUT2D eigenvalue weighted by Gasteiger charge is 2.26. The third kappa shape index (κ3) is 3.92. The molecule has 1 amide bonds. The van der Waals surface area contributed by atoms with Gasteiger partial charge in [-0.05, 0) is 25.0 Å². The van der Waals surface area contributed by atoms with Gasteiger partial charge in [-0.25, -0.2) is 8.42 Å². The molecule has 2 N–H and O–H groups in total. The van der Waals surface area contributed by atoms with Crippen LogP contribution in [0.2, 0.25) is 0 Å². The Bertz CT molecular complexity index is 904. The van der Waals surface area contributed by atoms with Crippen LogP contribution in [0.5, 0.6) is 0 Å². The zero-order valence-electron chi connectivity index (χ0n) is 14.5. The first-order valence-corrected chi connectivity index (χ1v) is 10.7. The number of carbonyl (C=O) groups is 1. The lowest BCUT2D eigenvalue weighted by Gasteiger charge is -2.26. The lowest BCUT2D eigenvalue weighted by molar-refractivity contribution is -0.115. The fourth-order valence-corrected chi connectivity index (χ4v) is 5.09. The van der Waals surface area contributed by atoms with E-state index in [1.807, 2.05) is 0 Å². The number of amides is 1. The number of thioether (sulfide) groups is 1. The minimum Gasteiger partial charge on any atom is -0.369 e. The molecule has 0 unspecified atom stereocenters. The highest BCUT2D eigenvalue weighted by atomic mass is 32.2. The standard InChI is InChI=1S/C16H21N5O3S2/c1-20-15(18-19-16(20)25-11-14(17)22)12-6-5-7-13(10-12)26(23,24)21-8-3-2-4-9-21/h5-7,10H,2-4,8-9,11H2,1H3,(H2,17,22). The van der Waals surface area contributed by atoms with Crippen molar-refractivity contribution in [2.24, 2.45) is 12.8 Å². The van der Waals surface area contributed by atoms with Gasteiger partial charge in [0.1, 0.15) is 0 Å². The topological polar surface area (TPSA) is 111 Å². The van der Waals surface area contributed by atoms with E-state index in [-0.39, 0.29) is 10.6 Å². The van der Waals surface area contributed by atoms with Crippen molar-refractivity contribution in [2.45, 2.75) is 29.3 Å². The van der Waals surface area contributed by atoms with Gasteiger partial charge < -0.3 is 10.3 Å². The second-order valence-corrected chi connectivity index (χ2v) is 8.99. The van der Waals surface area contributed by atoms with Crippen LogP contribution in [0, 0.1) is 0 Å². The summed E-state index contributed by atoms with van der Waals surface area (Å²) < 4.78 is 29.0. The van der Waals surface area contributed by atoms with Gasteiger partial charge in [0.15, 0.2) is 11.0 Å². The molecule has 0 atom stereocenters. The van der Waals surface area contributed by atoms with E-state index < -0.39 is 15.9 Å². The smallest absolute Gasteiger partial charge is 0.243 e. The maximum atomic E-state index is 12.9. The van der Waals surface area contributed by atoms with Crippen molar-refractivity contribution in [2.75, 3.05) is 18.8 Å². The monoisotopic (exact) mass is 395 g/mol. The van der Waals surface area contributed by atoms with Gasteiger partial charge in [-0.1, -0.05) is 30.3 Å². The third-order valence-corrected chi connectivity index (χ3v) is 7.16. The molecule has 0 radical (unpaired) electrons. The number of aromatic nitrogens is 3. The SMILES string of the molecule is Cn1c(SCC(N)=O)nnc1-c1cccc(S(=O)(=O)N2CCCCC2)c1. The van der Waals surface area contributed by atoms with Crippen LogP contribution < -0.4 is 5.73 Å². The van der Waals surface area contributed by atoms with Gasteiger partial charge in [-0.15, -0.1) is 10.2 Å². The number of hydrogen-bond acceptors (Lipinski definition) is 6. The van der Waals surface area contributed by atoms with Crippen molar-refractivity contribution in [1.82, 2.24) is 19.1 Å². The summed E-state index contributed by atoms with van der Waals surface area (Å²) in [4.78, 5) is 11.2. The average Bonchev–Trinajstić information content (AvgIpc) is 3.01. The summed E-state index contributed by atoms with van der Waals surface area (Å²) in [6.45, 7) is 1.12. The minimum absolute atomic E-state index is 0.107. The molecule has 2 heterocycles. The number of primary amides is 1. The number of sulfonamides is 1. The molecule has 0 saturated carbocycles. The number of benzene rings is 1. The van der Waals surface area contributed by atoms with Gasteiger partial charge >= 0.3 is 0 Å². The summed E-state index contributed by atoms with van der Waals surface area (Å²) in [5.74, 6) is 0.205. The van der Waals surface area contributed by atoms with Crippen molar-refractivity contribution in [3.05, 3.63) is 24.3 Å². The van der Waals surface area contributed by atoms with E-state index in [2.05, 4.69) is 10.2 Å². The summed E-state index contributed by atoms with van der Waals surface area (Å²) in [5, 5.41) is 8.73. The Kier molecular flexibility index (Phi) is 5.64. The summed E-state index contributed by atoms with van der Waals surface area (Å²) in [7, 11) is -1.74. The largest absolute Gasteiger partial charge is 0.369 e. The summed E-state index contributed by atoms with van der Waals surface area (Å²) >= 11 is 1.19. The average molecular weight is 396 g/mol. The maximum Gasteiger partial charge on any atom is 0.243 e. The predicted molar refractivity (Wildman–Crippen MR) is 99.0 cm³/mol. The van der Waals surface area contributed by atoms with E-state index in [4.69, 9.17) is 5.73 Å². The minimum atomic E-state index is -3.51. The van der Waals surface area contributed by atoms with Gasteiger partial charge in [-0.2, -0.15) is 4.31 Å². The predicted octanol–water partition coefficient (Wildman–Crippen LogP) is 1.23. The Morgan fingerprint density at radius 1 is 1.23 bits per heavy atom. The first kappa shape index (κ1) is 18.9. The Morgan fingerprint density at radius 2 is 1.96 bits per heavy atom. The molecular weight excluding hydrogens is 374 g/mol. The molecule has 1 fully saturated rings. The lowest BCUT2D eigenvalue weighted by atomic mass is 10.2. The van der Waals surface area contributed by atoms with E-state index in [9.17, 15) is 13.2 Å². The summed E-state index contributed by atoms with van der Waals surface area (Å²) in [5.41, 5.74) is 5.81. The van der Waals surface area contributed by atoms with Crippen LogP contribution in [0.3, 0.4) is 0 Å². The Balaban J connectivity index is 1.89. The molecule has 1 aliphatic heterocycles. The van der Waals surface area contributed by atoms with E-state index >= 15 is 0 Å². The molecule has 0 spiro atoms. The van der Waals surface area contributed by atoms with Crippen molar-refractivity contribution < 1.29 is 13.2 Å². The van der Waals surface area contributed by atoms with Crippen molar-refractivity contribution >= 4 is 27.7 Å². The van der Waals surface area contributed by atoms with Crippen molar-refractivity contribution in [1.29, 1.82) is 0 Å². The Labute approximate surface area is 156 Å². The molecule has 0 bridgehead atoms. The van der Waals surface area contributed by atoms with Gasteiger partial charge in [0.2, 0.25) is 15.9 Å². The molecule has 0 aliphatic carbocycles. The van der Waals surface area contributed by atoms with Crippen LogP contribution in [-0.4, -0.2) is 52.2 Å². The molecule has 1 aliphatic rings. The van der Waals surface area contributed by atoms with Crippen molar-refractivity contribution in [3.63, 3.8) is 0 Å². The maximum absolute atomic E-state index is 12.9. The van der Waals surface area contributed by atoms with Crippen LogP contribution in [0.25, 0.3) is 11.4 Å². The molecule has 1 aromatic carbocycles. The highest BCUT2D eigenvalue weighted by Crippen LogP contribution is 2.26. The second-order valence-electron chi connectivity index (χ2n) is 6.11. The summed E-state index contributed by atoms with van der Waals surface area (Å²) in [6.07, 6.45) is 2.85. The van der Waals surface area contributed by atoms with E-state index in [0.29, 0.717) is 29.6 Å². The molecule has 8 nitrogen and oxygen atoms in total. The highest BCUT2D eigenvalue weighted by molar-refractivity contribution is 7.99. The lowest BCUT2D eigenvalue weighted by Crippen LogP contribution is -2.35. The van der Waals surface area contributed by atoms with Gasteiger partial charge in [0, 0.05) is 25.7 Å². The normalized spacial score (nSPS) is 15.9. The number of rotatable bonds is 6. The molecule has 140 valence electrons. The fraction of sp³-hybridized carbons (Fsp3) is 0.438. The zero-order chi connectivity index (χ0) is 18.7. The number of hydrogen-bond donors (Lipinski definition) is 1. The van der Waals surface area contributed by atoms with Crippen LogP contribution in [-0.2, 0) is 21.9 Å². The molecule has 3 rings (SSSR count). The van der Waals surface area contributed by atoms with Crippen LogP contribution >= 0.6 is 11.8 Å². The Hall–Kier alpha value is -1.91. The van der Waals surface area contributed by atoms with E-state index in [0.717, 1.165) is 19.3 Å². The van der Waals surface area contributed by atoms with E-state index in [1.54, 1.807) is 40.2 Å². The molecule has 1 saturated heterocycles. The second kappa shape index (κ2) is 7.77. The van der Waals surface area contributed by atoms with Crippen LogP contribution in [0.15, 0.2) is 34.3 Å². The number of carbonyl (C=O) groups excluding carboxylic acids is 1. The van der Waals surface area contributed by atoms with Gasteiger partial charge in [-0.3, -0.25) is 4.79 Å². The van der Waals surface area contributed by atoms with Crippen molar-refractivity contribution in [3.8, 4) is 11.4 Å². The fourth-order valence-electron chi connectivity index (χ4n) is 2.88. The molecule has 26 heavy (non-hydrogen) atoms. The van der Waals surface area contributed by atoms with Gasteiger partial charge in [0.25, 0.3) is 0 Å². The summed E-state index contributed by atoms with van der Waals surface area (Å²) in [6, 6.07) is 6.72. The molecule has 2 aromatic rings. The molecular formula is C16H21N5O3S2. The van der Waals surface area contributed by atoms with Gasteiger partial charge in [0.05, 0.1) is 10.6 Å². The van der Waals surface area contributed by atoms with Crippen LogP contribution in [0.1, 0.15) is 19.3 Å². The molecule has 1 aromatic heterocycles. The zero-order valence-corrected chi connectivity index (χ0v) is 16.1. The number of piperidine rings is 1.